The monoisotopic (exact) mass is 329 g/mol. The Morgan fingerprint density at radius 1 is 1.30 bits per heavy atom. The fraction of sp³-hybridized carbons (Fsp3) is 0.444. The first kappa shape index (κ1) is 16.0. The number of nitrogens with one attached hydrogen (secondary N) is 1. The van der Waals surface area contributed by atoms with Gasteiger partial charge in [-0.2, -0.15) is 0 Å². The van der Waals surface area contributed by atoms with Gasteiger partial charge in [0.25, 0.3) is 5.91 Å². The van der Waals surface area contributed by atoms with Crippen molar-refractivity contribution in [1.29, 1.82) is 0 Å². The molecule has 0 saturated heterocycles. The van der Waals surface area contributed by atoms with E-state index in [0.717, 1.165) is 5.82 Å². The van der Waals surface area contributed by atoms with E-state index in [4.69, 9.17) is 0 Å². The number of thiophene rings is 1. The number of carbonyl (C=O) groups excluding carboxylic acids is 1. The summed E-state index contributed by atoms with van der Waals surface area (Å²) < 4.78 is 0. The van der Waals surface area contributed by atoms with Gasteiger partial charge in [-0.15, -0.1) is 11.3 Å². The second-order valence-electron chi connectivity index (χ2n) is 6.31. The number of anilines is 1. The van der Waals surface area contributed by atoms with Crippen LogP contribution in [0.3, 0.4) is 0 Å². The number of rotatable bonds is 5. The SMILES string of the molecule is CN(C)c1ccc(C(=O)N[C@@H](c2cccs2)C2CCCC2)cn1. The molecule has 1 aliphatic carbocycles. The van der Waals surface area contributed by atoms with E-state index in [1.54, 1.807) is 17.5 Å². The highest BCUT2D eigenvalue weighted by Gasteiger charge is 2.28. The number of hydrogen-bond donors (Lipinski definition) is 1. The average molecular weight is 329 g/mol. The van der Waals surface area contributed by atoms with Crippen molar-refractivity contribution >= 4 is 23.1 Å². The fourth-order valence-electron chi connectivity index (χ4n) is 3.19. The van der Waals surface area contributed by atoms with Crippen LogP contribution < -0.4 is 10.2 Å². The summed E-state index contributed by atoms with van der Waals surface area (Å²) in [6.07, 6.45) is 6.58. The zero-order valence-electron chi connectivity index (χ0n) is 13.7. The maximum Gasteiger partial charge on any atom is 0.253 e. The van der Waals surface area contributed by atoms with Crippen molar-refractivity contribution in [3.8, 4) is 0 Å². The van der Waals surface area contributed by atoms with E-state index in [2.05, 4.69) is 27.8 Å². The first-order valence-electron chi connectivity index (χ1n) is 8.13. The molecule has 5 heteroatoms. The highest BCUT2D eigenvalue weighted by atomic mass is 32.1. The predicted molar refractivity (Wildman–Crippen MR) is 95.0 cm³/mol. The number of nitrogens with zero attached hydrogens (tertiary/aromatic N) is 2. The predicted octanol–water partition coefficient (Wildman–Crippen LogP) is 3.87. The van der Waals surface area contributed by atoms with Gasteiger partial charge in [0.1, 0.15) is 5.82 Å². The van der Waals surface area contributed by atoms with E-state index < -0.39 is 0 Å². The van der Waals surface area contributed by atoms with Gasteiger partial charge in [-0.3, -0.25) is 4.79 Å². The lowest BCUT2D eigenvalue weighted by Crippen LogP contribution is -2.32. The van der Waals surface area contributed by atoms with Gasteiger partial charge in [0.15, 0.2) is 0 Å². The molecule has 0 spiro atoms. The Morgan fingerprint density at radius 3 is 2.65 bits per heavy atom. The van der Waals surface area contributed by atoms with Crippen molar-refractivity contribution in [3.05, 3.63) is 46.3 Å². The molecule has 1 saturated carbocycles. The first-order valence-corrected chi connectivity index (χ1v) is 9.01. The maximum absolute atomic E-state index is 12.6. The summed E-state index contributed by atoms with van der Waals surface area (Å²) in [5, 5.41) is 5.32. The Hall–Kier alpha value is -1.88. The van der Waals surface area contributed by atoms with E-state index >= 15 is 0 Å². The molecule has 1 atom stereocenters. The first-order chi connectivity index (χ1) is 11.1. The van der Waals surface area contributed by atoms with Crippen LogP contribution in [0.25, 0.3) is 0 Å². The molecular formula is C18H23N3OS. The molecule has 4 nitrogen and oxygen atoms in total. The molecule has 2 aromatic heterocycles. The third kappa shape index (κ3) is 3.72. The zero-order valence-corrected chi connectivity index (χ0v) is 14.5. The minimum Gasteiger partial charge on any atom is -0.363 e. The molecule has 1 N–H and O–H groups in total. The minimum atomic E-state index is -0.0342. The number of hydrogen-bond acceptors (Lipinski definition) is 4. The Labute approximate surface area is 141 Å². The Morgan fingerprint density at radius 2 is 2.09 bits per heavy atom. The summed E-state index contributed by atoms with van der Waals surface area (Å²) in [5.41, 5.74) is 0.621. The molecule has 1 aliphatic rings. The molecule has 0 aliphatic heterocycles. The Bertz CT molecular complexity index is 631. The lowest BCUT2D eigenvalue weighted by molar-refractivity contribution is 0.0922. The lowest BCUT2D eigenvalue weighted by atomic mass is 9.96. The van der Waals surface area contributed by atoms with Gasteiger partial charge in [-0.1, -0.05) is 18.9 Å². The third-order valence-electron chi connectivity index (χ3n) is 4.48. The Kier molecular flexibility index (Phi) is 4.96. The quantitative estimate of drug-likeness (QED) is 0.905. The molecule has 1 fully saturated rings. The van der Waals surface area contributed by atoms with Crippen molar-refractivity contribution in [3.63, 3.8) is 0 Å². The summed E-state index contributed by atoms with van der Waals surface area (Å²) in [6.45, 7) is 0. The molecule has 0 bridgehead atoms. The van der Waals surface area contributed by atoms with E-state index in [9.17, 15) is 4.79 Å². The molecule has 0 unspecified atom stereocenters. The van der Waals surface area contributed by atoms with Crippen LogP contribution in [0, 0.1) is 5.92 Å². The molecule has 2 aromatic rings. The standard InChI is InChI=1S/C18H23N3OS/c1-21(2)16-10-9-14(12-19-16)18(22)20-17(13-6-3-4-7-13)15-8-5-11-23-15/h5,8-13,17H,3-4,6-7H2,1-2H3,(H,20,22)/t17-/m1/s1. The molecule has 0 radical (unpaired) electrons. The van der Waals surface area contributed by atoms with Crippen LogP contribution in [-0.2, 0) is 0 Å². The van der Waals surface area contributed by atoms with Crippen molar-refractivity contribution in [1.82, 2.24) is 10.3 Å². The second kappa shape index (κ2) is 7.13. The van der Waals surface area contributed by atoms with E-state index in [-0.39, 0.29) is 11.9 Å². The van der Waals surface area contributed by atoms with Gasteiger partial charge in [0, 0.05) is 25.2 Å². The van der Waals surface area contributed by atoms with Crippen molar-refractivity contribution in [2.45, 2.75) is 31.7 Å². The molecular weight excluding hydrogens is 306 g/mol. The maximum atomic E-state index is 12.6. The van der Waals surface area contributed by atoms with Gasteiger partial charge in [0.05, 0.1) is 11.6 Å². The van der Waals surface area contributed by atoms with Crippen LogP contribution in [-0.4, -0.2) is 25.0 Å². The van der Waals surface area contributed by atoms with Gasteiger partial charge in [-0.25, -0.2) is 4.98 Å². The van der Waals surface area contributed by atoms with Crippen LogP contribution in [0.1, 0.15) is 47.0 Å². The van der Waals surface area contributed by atoms with Gasteiger partial charge < -0.3 is 10.2 Å². The van der Waals surface area contributed by atoms with Gasteiger partial charge in [0.2, 0.25) is 0 Å². The third-order valence-corrected chi connectivity index (χ3v) is 5.43. The highest BCUT2D eigenvalue weighted by molar-refractivity contribution is 7.10. The van der Waals surface area contributed by atoms with Crippen molar-refractivity contribution in [2.75, 3.05) is 19.0 Å². The number of pyridine rings is 1. The van der Waals surface area contributed by atoms with Crippen molar-refractivity contribution in [2.24, 2.45) is 5.92 Å². The van der Waals surface area contributed by atoms with Gasteiger partial charge >= 0.3 is 0 Å². The Balaban J connectivity index is 1.75. The van der Waals surface area contributed by atoms with Crippen LogP contribution >= 0.6 is 11.3 Å². The molecule has 3 rings (SSSR count). The number of amides is 1. The molecule has 1 amide bonds. The molecule has 2 heterocycles. The topological polar surface area (TPSA) is 45.2 Å². The number of aromatic nitrogens is 1. The average Bonchev–Trinajstić information content (AvgIpc) is 3.26. The summed E-state index contributed by atoms with van der Waals surface area (Å²) >= 11 is 1.72. The molecule has 122 valence electrons. The van der Waals surface area contributed by atoms with Crippen LogP contribution in [0.15, 0.2) is 35.8 Å². The smallest absolute Gasteiger partial charge is 0.253 e. The summed E-state index contributed by atoms with van der Waals surface area (Å²) in [6, 6.07) is 8.03. The van der Waals surface area contributed by atoms with Crippen LogP contribution in [0.2, 0.25) is 0 Å². The molecule has 0 aromatic carbocycles. The highest BCUT2D eigenvalue weighted by Crippen LogP contribution is 2.37. The lowest BCUT2D eigenvalue weighted by Gasteiger charge is -2.24. The summed E-state index contributed by atoms with van der Waals surface area (Å²) in [5.74, 6) is 1.37. The number of carbonyl (C=O) groups is 1. The second-order valence-corrected chi connectivity index (χ2v) is 7.29. The van der Waals surface area contributed by atoms with E-state index in [1.165, 1.54) is 30.6 Å². The van der Waals surface area contributed by atoms with Crippen LogP contribution in [0.4, 0.5) is 5.82 Å². The zero-order chi connectivity index (χ0) is 16.2. The normalized spacial score (nSPS) is 16.3. The molecule has 23 heavy (non-hydrogen) atoms. The summed E-state index contributed by atoms with van der Waals surface area (Å²) in [7, 11) is 3.88. The largest absolute Gasteiger partial charge is 0.363 e. The van der Waals surface area contributed by atoms with Gasteiger partial charge in [-0.05, 0) is 42.3 Å². The van der Waals surface area contributed by atoms with E-state index in [0.29, 0.717) is 11.5 Å². The summed E-state index contributed by atoms with van der Waals surface area (Å²) in [4.78, 5) is 20.1. The minimum absolute atomic E-state index is 0.0342. The van der Waals surface area contributed by atoms with Crippen LogP contribution in [0.5, 0.6) is 0 Å². The van der Waals surface area contributed by atoms with E-state index in [1.807, 2.05) is 31.1 Å². The van der Waals surface area contributed by atoms with Crippen molar-refractivity contribution < 1.29 is 4.79 Å². The fourth-order valence-corrected chi connectivity index (χ4v) is 4.06.